The number of carbonyl (C=O) groups excluding carboxylic acids is 2. The summed E-state index contributed by atoms with van der Waals surface area (Å²) in [5.41, 5.74) is -1.66. The SMILES string of the molecule is CC[C@H]1C=C[C@H](C)N2CN1n1cc(C(=O)NCc3c(F)cc(C)cc3F)c(=O)c(O)c1C2=O. The van der Waals surface area contributed by atoms with Crippen LogP contribution in [0.1, 0.15) is 52.2 Å². The predicted octanol–water partition coefficient (Wildman–Crippen LogP) is 2.16. The molecule has 8 nitrogen and oxygen atoms in total. The molecule has 1 aromatic heterocycles. The highest BCUT2D eigenvalue weighted by Crippen LogP contribution is 2.27. The Hall–Kier alpha value is -3.69. The molecule has 3 heterocycles. The quantitative estimate of drug-likeness (QED) is 0.685. The van der Waals surface area contributed by atoms with E-state index in [2.05, 4.69) is 5.32 Å². The minimum atomic E-state index is -1.04. The summed E-state index contributed by atoms with van der Waals surface area (Å²) in [4.78, 5) is 40.1. The standard InChI is InChI=1S/C23H24F2N4O4/c1-4-14-6-5-13(3)27-11-29(14)28-10-16(20(30)21(31)19(28)23(27)33)22(32)26-9-15-17(24)7-12(2)8-18(15)25/h5-8,10,13-14,31H,4,9,11H2,1-3H3,(H,26,32)/t13-,14-/m0/s1. The van der Waals surface area contributed by atoms with E-state index >= 15 is 0 Å². The van der Waals surface area contributed by atoms with Gasteiger partial charge in [0, 0.05) is 24.3 Å². The molecule has 0 unspecified atom stereocenters. The third-order valence-electron chi connectivity index (χ3n) is 6.06. The Kier molecular flexibility index (Phi) is 5.69. The molecule has 2 aliphatic heterocycles. The smallest absolute Gasteiger partial charge is 0.278 e. The Bertz CT molecular complexity index is 1220. The van der Waals surface area contributed by atoms with Crippen LogP contribution in [0, 0.1) is 18.6 Å². The zero-order valence-electron chi connectivity index (χ0n) is 18.4. The highest BCUT2D eigenvalue weighted by atomic mass is 19.1. The molecular formula is C23H24F2N4O4. The average Bonchev–Trinajstić information content (AvgIpc) is 2.90. The molecule has 2 bridgehead atoms. The largest absolute Gasteiger partial charge is 0.502 e. The number of aromatic hydroxyl groups is 1. The van der Waals surface area contributed by atoms with E-state index in [-0.39, 0.29) is 30.0 Å². The average molecular weight is 458 g/mol. The molecule has 0 saturated carbocycles. The monoisotopic (exact) mass is 458 g/mol. The zero-order chi connectivity index (χ0) is 24.0. The number of carbonyl (C=O) groups is 2. The van der Waals surface area contributed by atoms with Gasteiger partial charge in [-0.15, -0.1) is 0 Å². The molecule has 1 aromatic carbocycles. The van der Waals surface area contributed by atoms with Crippen LogP contribution in [0.4, 0.5) is 8.78 Å². The van der Waals surface area contributed by atoms with E-state index < -0.39 is 46.7 Å². The van der Waals surface area contributed by atoms with E-state index in [4.69, 9.17) is 0 Å². The van der Waals surface area contributed by atoms with Crippen LogP contribution in [0.5, 0.6) is 5.75 Å². The fourth-order valence-corrected chi connectivity index (χ4v) is 4.16. The highest BCUT2D eigenvalue weighted by Gasteiger charge is 2.38. The summed E-state index contributed by atoms with van der Waals surface area (Å²) < 4.78 is 29.6. The lowest BCUT2D eigenvalue weighted by molar-refractivity contribution is 0.0650. The maximum atomic E-state index is 14.1. The van der Waals surface area contributed by atoms with Crippen LogP contribution < -0.4 is 15.8 Å². The number of amides is 2. The summed E-state index contributed by atoms with van der Waals surface area (Å²) in [7, 11) is 0. The molecule has 2 N–H and O–H groups in total. The van der Waals surface area contributed by atoms with Crippen molar-refractivity contribution >= 4 is 11.8 Å². The number of halogens is 2. The molecule has 33 heavy (non-hydrogen) atoms. The van der Waals surface area contributed by atoms with Gasteiger partial charge in [-0.3, -0.25) is 24.1 Å². The minimum Gasteiger partial charge on any atom is -0.502 e. The summed E-state index contributed by atoms with van der Waals surface area (Å²) in [6.45, 7) is 5.03. The Morgan fingerprint density at radius 1 is 1.21 bits per heavy atom. The molecule has 174 valence electrons. The molecule has 0 spiro atoms. The number of pyridine rings is 1. The summed E-state index contributed by atoms with van der Waals surface area (Å²) in [5.74, 6) is -3.95. The molecule has 0 saturated heterocycles. The van der Waals surface area contributed by atoms with Crippen LogP contribution in [-0.2, 0) is 6.54 Å². The number of fused-ring (bicyclic) bond motifs is 4. The summed E-state index contributed by atoms with van der Waals surface area (Å²) in [6, 6.07) is 1.88. The van der Waals surface area contributed by atoms with Gasteiger partial charge in [0.25, 0.3) is 11.8 Å². The van der Waals surface area contributed by atoms with Gasteiger partial charge in [-0.05, 0) is 38.0 Å². The van der Waals surface area contributed by atoms with Gasteiger partial charge in [0.15, 0.2) is 11.4 Å². The number of rotatable bonds is 4. The lowest BCUT2D eigenvalue weighted by atomic mass is 10.1. The predicted molar refractivity (Wildman–Crippen MR) is 117 cm³/mol. The normalized spacial score (nSPS) is 19.4. The number of aromatic nitrogens is 1. The van der Waals surface area contributed by atoms with Crippen molar-refractivity contribution in [3.05, 3.63) is 74.7 Å². The van der Waals surface area contributed by atoms with E-state index in [0.717, 1.165) is 12.1 Å². The van der Waals surface area contributed by atoms with Crippen LogP contribution in [0.2, 0.25) is 0 Å². The van der Waals surface area contributed by atoms with E-state index in [1.54, 1.807) is 5.01 Å². The number of nitrogens with one attached hydrogen (secondary N) is 1. The molecule has 0 fully saturated rings. The fourth-order valence-electron chi connectivity index (χ4n) is 4.16. The van der Waals surface area contributed by atoms with Crippen molar-refractivity contribution in [2.45, 2.75) is 45.8 Å². The Labute approximate surface area is 188 Å². The fraction of sp³-hybridized carbons (Fsp3) is 0.348. The van der Waals surface area contributed by atoms with Gasteiger partial charge >= 0.3 is 0 Å². The van der Waals surface area contributed by atoms with Crippen molar-refractivity contribution in [2.24, 2.45) is 0 Å². The second kappa shape index (κ2) is 8.34. The van der Waals surface area contributed by atoms with Gasteiger partial charge in [-0.1, -0.05) is 19.1 Å². The maximum absolute atomic E-state index is 14.1. The third-order valence-corrected chi connectivity index (χ3v) is 6.06. The zero-order valence-corrected chi connectivity index (χ0v) is 18.4. The van der Waals surface area contributed by atoms with Gasteiger partial charge in [0.2, 0.25) is 5.43 Å². The molecule has 0 aliphatic carbocycles. The van der Waals surface area contributed by atoms with Gasteiger partial charge in [-0.25, -0.2) is 8.78 Å². The van der Waals surface area contributed by atoms with Gasteiger partial charge in [0.1, 0.15) is 23.9 Å². The van der Waals surface area contributed by atoms with Crippen molar-refractivity contribution < 1.29 is 23.5 Å². The van der Waals surface area contributed by atoms with E-state index in [1.807, 2.05) is 26.0 Å². The van der Waals surface area contributed by atoms with Gasteiger partial charge in [-0.2, -0.15) is 0 Å². The van der Waals surface area contributed by atoms with Crippen LogP contribution in [-0.4, -0.2) is 45.2 Å². The number of aryl methyl sites for hydroxylation is 1. The van der Waals surface area contributed by atoms with Crippen LogP contribution in [0.25, 0.3) is 0 Å². The van der Waals surface area contributed by atoms with Crippen LogP contribution in [0.15, 0.2) is 35.3 Å². The minimum absolute atomic E-state index is 0.155. The number of benzene rings is 1. The molecule has 0 radical (unpaired) electrons. The van der Waals surface area contributed by atoms with Gasteiger partial charge in [0.05, 0.1) is 6.04 Å². The molecular weight excluding hydrogens is 434 g/mol. The maximum Gasteiger partial charge on any atom is 0.278 e. The van der Waals surface area contributed by atoms with Crippen LogP contribution >= 0.6 is 0 Å². The first kappa shape index (κ1) is 22.5. The number of nitrogens with zero attached hydrogens (tertiary/aromatic N) is 3. The van der Waals surface area contributed by atoms with Crippen molar-refractivity contribution in [1.29, 1.82) is 0 Å². The van der Waals surface area contributed by atoms with Crippen LogP contribution in [0.3, 0.4) is 0 Å². The lowest BCUT2D eigenvalue weighted by Crippen LogP contribution is -2.58. The Morgan fingerprint density at radius 2 is 1.88 bits per heavy atom. The number of hydrogen-bond donors (Lipinski definition) is 2. The van der Waals surface area contributed by atoms with Crippen molar-refractivity contribution in [3.8, 4) is 5.75 Å². The summed E-state index contributed by atoms with van der Waals surface area (Å²) >= 11 is 0. The first-order valence-corrected chi connectivity index (χ1v) is 10.6. The third kappa shape index (κ3) is 3.75. The summed E-state index contributed by atoms with van der Waals surface area (Å²) in [6.07, 6.45) is 5.68. The Morgan fingerprint density at radius 3 is 2.52 bits per heavy atom. The topological polar surface area (TPSA) is 94.9 Å². The van der Waals surface area contributed by atoms with Crippen molar-refractivity contribution in [3.63, 3.8) is 0 Å². The van der Waals surface area contributed by atoms with E-state index in [0.29, 0.717) is 12.0 Å². The number of hydrogen-bond acceptors (Lipinski definition) is 5. The van der Waals surface area contributed by atoms with Crippen molar-refractivity contribution in [1.82, 2.24) is 14.9 Å². The molecule has 4 rings (SSSR count). The molecule has 2 amide bonds. The molecule has 2 aromatic rings. The molecule has 10 heteroatoms. The highest BCUT2D eigenvalue weighted by molar-refractivity contribution is 5.99. The second-order valence-corrected chi connectivity index (χ2v) is 8.26. The van der Waals surface area contributed by atoms with Gasteiger partial charge < -0.3 is 15.3 Å². The first-order valence-electron chi connectivity index (χ1n) is 10.6. The Balaban J connectivity index is 1.72. The second-order valence-electron chi connectivity index (χ2n) is 8.26. The van der Waals surface area contributed by atoms with E-state index in [1.165, 1.54) is 22.7 Å². The lowest BCUT2D eigenvalue weighted by Gasteiger charge is -2.42. The summed E-state index contributed by atoms with van der Waals surface area (Å²) in [5, 5.41) is 14.7. The molecule has 2 atom stereocenters. The van der Waals surface area contributed by atoms with Crippen molar-refractivity contribution in [2.75, 3.05) is 11.7 Å². The van der Waals surface area contributed by atoms with E-state index in [9.17, 15) is 28.3 Å². The molecule has 2 aliphatic rings. The first-order chi connectivity index (χ1) is 15.6.